The zero-order valence-corrected chi connectivity index (χ0v) is 16.3. The lowest BCUT2D eigenvalue weighted by Gasteiger charge is -2.20. The largest absolute Gasteiger partial charge is 0.309 e. The van der Waals surface area contributed by atoms with E-state index in [0.29, 0.717) is 12.6 Å². The monoisotopic (exact) mass is 383 g/mol. The van der Waals surface area contributed by atoms with Crippen molar-refractivity contribution in [2.24, 2.45) is 0 Å². The molecular formula is C20H23N4S2+. The van der Waals surface area contributed by atoms with Crippen LogP contribution in [0.5, 0.6) is 0 Å². The Morgan fingerprint density at radius 2 is 2.12 bits per heavy atom. The van der Waals surface area contributed by atoms with E-state index in [2.05, 4.69) is 40.8 Å². The average Bonchev–Trinajstić information content (AvgIpc) is 3.39. The normalized spacial score (nSPS) is 19.7. The van der Waals surface area contributed by atoms with Crippen molar-refractivity contribution >= 4 is 23.6 Å². The second-order valence-electron chi connectivity index (χ2n) is 6.65. The van der Waals surface area contributed by atoms with E-state index in [-0.39, 0.29) is 0 Å². The van der Waals surface area contributed by atoms with Gasteiger partial charge in [-0.3, -0.25) is 4.57 Å². The summed E-state index contributed by atoms with van der Waals surface area (Å²) in [4.78, 5) is 3.02. The molecule has 0 saturated carbocycles. The van der Waals surface area contributed by atoms with Crippen LogP contribution < -0.4 is 4.90 Å². The first-order valence-corrected chi connectivity index (χ1v) is 10.3. The molecule has 3 aromatic rings. The Labute approximate surface area is 163 Å². The molecule has 26 heavy (non-hydrogen) atoms. The summed E-state index contributed by atoms with van der Waals surface area (Å²) >= 11 is 7.61. The summed E-state index contributed by atoms with van der Waals surface area (Å²) in [7, 11) is 0. The summed E-state index contributed by atoms with van der Waals surface area (Å²) in [6.07, 6.45) is 4.37. The minimum absolute atomic E-state index is 0.557. The molecule has 0 bridgehead atoms. The molecule has 1 unspecified atom stereocenters. The summed E-state index contributed by atoms with van der Waals surface area (Å²) < 4.78 is 4.85. The van der Waals surface area contributed by atoms with Gasteiger partial charge in [0.15, 0.2) is 12.5 Å². The third-order valence-electron chi connectivity index (χ3n) is 4.99. The molecule has 4 nitrogen and oxygen atoms in total. The average molecular weight is 384 g/mol. The summed E-state index contributed by atoms with van der Waals surface area (Å²) in [5, 5.41) is 7.06. The lowest BCUT2D eigenvalue weighted by atomic mass is 10.2. The number of aromatic nitrogens is 3. The first kappa shape index (κ1) is 17.4. The fourth-order valence-electron chi connectivity index (χ4n) is 3.76. The van der Waals surface area contributed by atoms with E-state index >= 15 is 0 Å². The van der Waals surface area contributed by atoms with Crippen molar-refractivity contribution in [3.8, 4) is 11.4 Å². The van der Waals surface area contributed by atoms with Gasteiger partial charge in [-0.2, -0.15) is 4.68 Å². The molecule has 1 saturated heterocycles. The molecule has 1 aliphatic rings. The Balaban J connectivity index is 1.67. The van der Waals surface area contributed by atoms with Crippen molar-refractivity contribution in [1.29, 1.82) is 0 Å². The van der Waals surface area contributed by atoms with Crippen LogP contribution in [0.15, 0.2) is 60.5 Å². The molecular weight excluding hydrogens is 360 g/mol. The molecule has 2 aromatic heterocycles. The van der Waals surface area contributed by atoms with E-state index in [9.17, 15) is 0 Å². The lowest BCUT2D eigenvalue weighted by Crippen LogP contribution is -3.09. The van der Waals surface area contributed by atoms with Crippen LogP contribution in [-0.4, -0.2) is 20.9 Å². The zero-order chi connectivity index (χ0) is 17.9. The van der Waals surface area contributed by atoms with Crippen LogP contribution in [0.4, 0.5) is 0 Å². The van der Waals surface area contributed by atoms with Crippen molar-refractivity contribution in [1.82, 2.24) is 14.3 Å². The molecule has 1 aliphatic heterocycles. The van der Waals surface area contributed by atoms with Crippen LogP contribution in [0.2, 0.25) is 0 Å². The maximum Gasteiger partial charge on any atom is 0.203 e. The highest BCUT2D eigenvalue weighted by Gasteiger charge is 2.31. The molecule has 3 heterocycles. The van der Waals surface area contributed by atoms with E-state index in [0.717, 1.165) is 22.8 Å². The highest BCUT2D eigenvalue weighted by Crippen LogP contribution is 2.24. The second-order valence-corrected chi connectivity index (χ2v) is 7.99. The summed E-state index contributed by atoms with van der Waals surface area (Å²) in [5.41, 5.74) is 1.09. The van der Waals surface area contributed by atoms with Gasteiger partial charge in [-0.15, -0.1) is 23.0 Å². The summed E-state index contributed by atoms with van der Waals surface area (Å²) in [5.74, 6) is 0.918. The molecule has 1 aromatic carbocycles. The fraction of sp³-hybridized carbons (Fsp3) is 0.300. The van der Waals surface area contributed by atoms with Gasteiger partial charge in [0.25, 0.3) is 0 Å². The minimum Gasteiger partial charge on any atom is -0.309 e. The quantitative estimate of drug-likeness (QED) is 0.519. The van der Waals surface area contributed by atoms with Crippen molar-refractivity contribution in [3.63, 3.8) is 0 Å². The molecule has 0 spiro atoms. The van der Waals surface area contributed by atoms with Crippen molar-refractivity contribution in [2.75, 3.05) is 6.54 Å². The SMILES string of the molecule is C=CCn1c(-c2ccccc2)nn(C[NH+]2CCC[C@H]2c2cccs2)c1=S. The van der Waals surface area contributed by atoms with Gasteiger partial charge in [0.05, 0.1) is 11.4 Å². The Morgan fingerprint density at radius 3 is 2.85 bits per heavy atom. The van der Waals surface area contributed by atoms with Crippen LogP contribution in [0.3, 0.4) is 0 Å². The summed E-state index contributed by atoms with van der Waals surface area (Å²) in [6.45, 7) is 6.53. The third-order valence-corrected chi connectivity index (χ3v) is 6.41. The molecule has 134 valence electrons. The highest BCUT2D eigenvalue weighted by atomic mass is 32.1. The second kappa shape index (κ2) is 7.70. The molecule has 0 amide bonds. The number of thiophene rings is 1. The van der Waals surface area contributed by atoms with E-state index < -0.39 is 0 Å². The smallest absolute Gasteiger partial charge is 0.203 e. The van der Waals surface area contributed by atoms with Gasteiger partial charge >= 0.3 is 0 Å². The van der Waals surface area contributed by atoms with E-state index in [1.165, 1.54) is 24.3 Å². The lowest BCUT2D eigenvalue weighted by molar-refractivity contribution is -0.941. The maximum atomic E-state index is 5.76. The first-order valence-electron chi connectivity index (χ1n) is 9.00. The van der Waals surface area contributed by atoms with Gasteiger partial charge in [0.2, 0.25) is 4.77 Å². The van der Waals surface area contributed by atoms with Gasteiger partial charge in [0, 0.05) is 24.9 Å². The number of nitrogens with zero attached hydrogens (tertiary/aromatic N) is 3. The number of likely N-dealkylation sites (tertiary alicyclic amines) is 1. The van der Waals surface area contributed by atoms with Gasteiger partial charge in [0.1, 0.15) is 6.04 Å². The number of rotatable bonds is 6. The van der Waals surface area contributed by atoms with Crippen LogP contribution in [0.1, 0.15) is 23.8 Å². The van der Waals surface area contributed by atoms with Crippen LogP contribution in [-0.2, 0) is 13.2 Å². The Hall–Kier alpha value is -2.02. The predicted octanol–water partition coefficient (Wildman–Crippen LogP) is 3.71. The molecule has 0 aliphatic carbocycles. The third kappa shape index (κ3) is 3.32. The fourth-order valence-corrected chi connectivity index (χ4v) is 4.95. The molecule has 0 radical (unpaired) electrons. The number of quaternary nitrogens is 1. The Morgan fingerprint density at radius 1 is 1.27 bits per heavy atom. The molecule has 1 N–H and O–H groups in total. The number of hydrogen-bond acceptors (Lipinski definition) is 3. The van der Waals surface area contributed by atoms with E-state index in [1.807, 2.05) is 40.3 Å². The number of nitrogens with one attached hydrogen (secondary N) is 1. The van der Waals surface area contributed by atoms with Gasteiger partial charge < -0.3 is 4.90 Å². The zero-order valence-electron chi connectivity index (χ0n) is 14.7. The van der Waals surface area contributed by atoms with Crippen molar-refractivity contribution in [3.05, 3.63) is 70.1 Å². The molecule has 6 heteroatoms. The highest BCUT2D eigenvalue weighted by molar-refractivity contribution is 7.71. The number of benzene rings is 1. The van der Waals surface area contributed by atoms with E-state index in [4.69, 9.17) is 17.3 Å². The van der Waals surface area contributed by atoms with Crippen LogP contribution in [0.25, 0.3) is 11.4 Å². The maximum absolute atomic E-state index is 5.76. The Kier molecular flexibility index (Phi) is 5.15. The van der Waals surface area contributed by atoms with Crippen molar-refractivity contribution in [2.45, 2.75) is 32.1 Å². The molecule has 1 fully saturated rings. The van der Waals surface area contributed by atoms with Crippen molar-refractivity contribution < 1.29 is 4.90 Å². The Bertz CT molecular complexity index is 925. The first-order chi connectivity index (χ1) is 12.8. The standard InChI is InChI=1S/C20H22N4S2/c1-2-12-23-19(16-8-4-3-5-9-16)21-24(20(23)25)15-22-13-6-10-17(22)18-11-7-14-26-18/h2-5,7-9,11,14,17H,1,6,10,12-13,15H2/p+1/t17-/m0/s1. The van der Waals surface area contributed by atoms with E-state index in [1.54, 1.807) is 4.90 Å². The van der Waals surface area contributed by atoms with Crippen LogP contribution in [0, 0.1) is 4.77 Å². The number of allylic oxidation sites excluding steroid dienone is 1. The predicted molar refractivity (Wildman–Crippen MR) is 109 cm³/mol. The van der Waals surface area contributed by atoms with Gasteiger partial charge in [-0.25, -0.2) is 0 Å². The number of hydrogen-bond donors (Lipinski definition) is 1. The summed E-state index contributed by atoms with van der Waals surface area (Å²) in [6, 6.07) is 15.2. The topological polar surface area (TPSA) is 27.2 Å². The van der Waals surface area contributed by atoms with Gasteiger partial charge in [-0.1, -0.05) is 42.5 Å². The minimum atomic E-state index is 0.557. The molecule has 2 atom stereocenters. The van der Waals surface area contributed by atoms with Crippen LogP contribution >= 0.6 is 23.6 Å². The molecule has 4 rings (SSSR count). The van der Waals surface area contributed by atoms with Gasteiger partial charge in [-0.05, 0) is 23.7 Å².